The van der Waals surface area contributed by atoms with Crippen LogP contribution >= 0.6 is 11.3 Å². The largest absolute Gasteiger partial charge is 0.338 e. The molecule has 0 aliphatic carbocycles. The summed E-state index contributed by atoms with van der Waals surface area (Å²) in [6, 6.07) is 2.10. The number of rotatable bonds is 3. The summed E-state index contributed by atoms with van der Waals surface area (Å²) in [4.78, 5) is 19.8. The van der Waals surface area contributed by atoms with Crippen LogP contribution in [0.4, 0.5) is 0 Å². The van der Waals surface area contributed by atoms with Gasteiger partial charge in [-0.05, 0) is 25.8 Å². The number of nitrogens with zero attached hydrogens (tertiary/aromatic N) is 5. The minimum Gasteiger partial charge on any atom is -0.338 e. The molecule has 0 saturated carbocycles. The third-order valence-electron chi connectivity index (χ3n) is 4.59. The van der Waals surface area contributed by atoms with Crippen molar-refractivity contribution in [2.45, 2.75) is 25.7 Å². The summed E-state index contributed by atoms with van der Waals surface area (Å²) in [5.74, 6) is 0.505. The molecule has 130 valence electrons. The van der Waals surface area contributed by atoms with Crippen LogP contribution in [0.5, 0.6) is 0 Å². The number of thiazole rings is 1. The van der Waals surface area contributed by atoms with Gasteiger partial charge in [-0.2, -0.15) is 10.2 Å². The van der Waals surface area contributed by atoms with Crippen molar-refractivity contribution in [2.24, 2.45) is 7.05 Å². The third kappa shape index (κ3) is 3.21. The van der Waals surface area contributed by atoms with E-state index in [-0.39, 0.29) is 5.91 Å². The summed E-state index contributed by atoms with van der Waals surface area (Å²) in [7, 11) is 1.87. The van der Waals surface area contributed by atoms with Crippen molar-refractivity contribution < 1.29 is 4.79 Å². The molecule has 0 spiro atoms. The van der Waals surface area contributed by atoms with Crippen LogP contribution < -0.4 is 0 Å². The Hall–Kier alpha value is -2.48. The maximum absolute atomic E-state index is 12.8. The Morgan fingerprint density at radius 3 is 2.76 bits per heavy atom. The number of carbonyl (C=O) groups is 1. The van der Waals surface area contributed by atoms with Gasteiger partial charge in [-0.1, -0.05) is 0 Å². The lowest BCUT2D eigenvalue weighted by atomic mass is 9.93. The van der Waals surface area contributed by atoms with Crippen LogP contribution in [0.1, 0.15) is 39.8 Å². The van der Waals surface area contributed by atoms with Crippen molar-refractivity contribution >= 4 is 17.2 Å². The minimum absolute atomic E-state index is 0.0734. The highest BCUT2D eigenvalue weighted by Crippen LogP contribution is 2.30. The third-order valence-corrected chi connectivity index (χ3v) is 5.63. The molecule has 1 N–H and O–H groups in total. The number of amides is 1. The van der Waals surface area contributed by atoms with E-state index < -0.39 is 0 Å². The lowest BCUT2D eigenvalue weighted by Crippen LogP contribution is -2.37. The Bertz CT molecular complexity index is 886. The summed E-state index contributed by atoms with van der Waals surface area (Å²) < 4.78 is 1.74. The molecule has 1 aliphatic heterocycles. The van der Waals surface area contributed by atoms with Crippen LogP contribution in [0.25, 0.3) is 10.6 Å². The highest BCUT2D eigenvalue weighted by atomic mass is 32.1. The molecule has 1 fully saturated rings. The van der Waals surface area contributed by atoms with Crippen molar-refractivity contribution in [3.8, 4) is 10.6 Å². The number of likely N-dealkylation sites (tertiary alicyclic amines) is 1. The first-order chi connectivity index (χ1) is 12.1. The fourth-order valence-electron chi connectivity index (χ4n) is 3.22. The number of nitrogens with one attached hydrogen (secondary N) is 1. The molecule has 3 aromatic rings. The van der Waals surface area contributed by atoms with Crippen molar-refractivity contribution in [3.63, 3.8) is 0 Å². The number of aromatic nitrogens is 5. The Labute approximate surface area is 149 Å². The molecule has 1 amide bonds. The maximum Gasteiger partial charge on any atom is 0.265 e. The molecule has 1 aliphatic rings. The molecule has 8 heteroatoms. The summed E-state index contributed by atoms with van der Waals surface area (Å²) in [5.41, 5.74) is 3.14. The molecular weight excluding hydrogens is 336 g/mol. The topological polar surface area (TPSA) is 79.7 Å². The highest BCUT2D eigenvalue weighted by molar-refractivity contribution is 7.16. The number of hydrogen-bond donors (Lipinski definition) is 1. The number of aromatic amines is 1. The first-order valence-electron chi connectivity index (χ1n) is 8.36. The fraction of sp³-hybridized carbons (Fsp3) is 0.412. The second kappa shape index (κ2) is 6.44. The SMILES string of the molecule is Cc1cc(C2CCN(C(=O)c3cnc(-c4cnn(C)c4)s3)CC2)n[nH]1. The van der Waals surface area contributed by atoms with Gasteiger partial charge >= 0.3 is 0 Å². The second-order valence-electron chi connectivity index (χ2n) is 6.47. The van der Waals surface area contributed by atoms with Gasteiger partial charge in [0, 0.05) is 43.5 Å². The van der Waals surface area contributed by atoms with E-state index in [4.69, 9.17) is 0 Å². The van der Waals surface area contributed by atoms with Crippen LogP contribution in [-0.2, 0) is 7.05 Å². The molecule has 0 aromatic carbocycles. The summed E-state index contributed by atoms with van der Waals surface area (Å²) in [6.07, 6.45) is 7.25. The first kappa shape index (κ1) is 16.0. The Morgan fingerprint density at radius 1 is 1.32 bits per heavy atom. The molecule has 7 nitrogen and oxygen atoms in total. The number of hydrogen-bond acceptors (Lipinski definition) is 5. The zero-order chi connectivity index (χ0) is 17.4. The molecule has 25 heavy (non-hydrogen) atoms. The van der Waals surface area contributed by atoms with Crippen molar-refractivity contribution in [1.82, 2.24) is 29.9 Å². The molecule has 0 atom stereocenters. The van der Waals surface area contributed by atoms with Gasteiger partial charge in [0.05, 0.1) is 18.1 Å². The van der Waals surface area contributed by atoms with Crippen LogP contribution in [0.15, 0.2) is 24.7 Å². The van der Waals surface area contributed by atoms with Crippen LogP contribution in [0.2, 0.25) is 0 Å². The average molecular weight is 356 g/mol. The number of carbonyl (C=O) groups excluding carboxylic acids is 1. The molecule has 0 bridgehead atoms. The molecule has 0 unspecified atom stereocenters. The van der Waals surface area contributed by atoms with E-state index in [1.54, 1.807) is 17.1 Å². The second-order valence-corrected chi connectivity index (χ2v) is 7.51. The highest BCUT2D eigenvalue weighted by Gasteiger charge is 2.27. The molecule has 4 heterocycles. The normalized spacial score (nSPS) is 15.7. The minimum atomic E-state index is 0.0734. The van der Waals surface area contributed by atoms with E-state index in [0.717, 1.165) is 47.9 Å². The van der Waals surface area contributed by atoms with Gasteiger partial charge in [-0.3, -0.25) is 14.6 Å². The van der Waals surface area contributed by atoms with Crippen LogP contribution in [0, 0.1) is 6.92 Å². The molecule has 1 saturated heterocycles. The van der Waals surface area contributed by atoms with Gasteiger partial charge < -0.3 is 4.90 Å². The Morgan fingerprint density at radius 2 is 2.12 bits per heavy atom. The summed E-state index contributed by atoms with van der Waals surface area (Å²) in [5, 5.41) is 12.4. The van der Waals surface area contributed by atoms with Gasteiger partial charge in [-0.15, -0.1) is 11.3 Å². The zero-order valence-corrected chi connectivity index (χ0v) is 15.1. The lowest BCUT2D eigenvalue weighted by Gasteiger charge is -2.30. The Kier molecular flexibility index (Phi) is 4.12. The average Bonchev–Trinajstić information content (AvgIpc) is 3.35. The quantitative estimate of drug-likeness (QED) is 0.782. The van der Waals surface area contributed by atoms with Gasteiger partial charge in [0.1, 0.15) is 9.88 Å². The van der Waals surface area contributed by atoms with Gasteiger partial charge in [0.2, 0.25) is 0 Å². The van der Waals surface area contributed by atoms with Crippen LogP contribution in [0.3, 0.4) is 0 Å². The van der Waals surface area contributed by atoms with Gasteiger partial charge in [0.15, 0.2) is 0 Å². The summed E-state index contributed by atoms with van der Waals surface area (Å²) in [6.45, 7) is 3.53. The number of H-pyrrole nitrogens is 1. The predicted octanol–water partition coefficient (Wildman–Crippen LogP) is 2.59. The van der Waals surface area contributed by atoms with E-state index in [1.165, 1.54) is 11.3 Å². The van der Waals surface area contributed by atoms with Crippen molar-refractivity contribution in [2.75, 3.05) is 13.1 Å². The monoisotopic (exact) mass is 356 g/mol. The smallest absolute Gasteiger partial charge is 0.265 e. The number of aryl methyl sites for hydroxylation is 2. The van der Waals surface area contributed by atoms with Gasteiger partial charge in [0.25, 0.3) is 5.91 Å². The van der Waals surface area contributed by atoms with Crippen LogP contribution in [-0.4, -0.2) is 48.9 Å². The Balaban J connectivity index is 1.41. The number of piperidine rings is 1. The van der Waals surface area contributed by atoms with E-state index in [1.807, 2.05) is 25.1 Å². The first-order valence-corrected chi connectivity index (χ1v) is 9.18. The van der Waals surface area contributed by atoms with E-state index in [2.05, 4.69) is 26.3 Å². The van der Waals surface area contributed by atoms with Crippen molar-refractivity contribution in [3.05, 3.63) is 40.9 Å². The van der Waals surface area contributed by atoms with E-state index >= 15 is 0 Å². The maximum atomic E-state index is 12.8. The van der Waals surface area contributed by atoms with E-state index in [9.17, 15) is 4.79 Å². The van der Waals surface area contributed by atoms with Gasteiger partial charge in [-0.25, -0.2) is 4.98 Å². The molecule has 0 radical (unpaired) electrons. The predicted molar refractivity (Wildman–Crippen MR) is 95.5 cm³/mol. The standard InChI is InChI=1S/C17H20N6OS/c1-11-7-14(21-20-11)12-3-5-23(6-4-12)17(24)15-9-18-16(25-15)13-8-19-22(2)10-13/h7-10,12H,3-6H2,1-2H3,(H,20,21). The van der Waals surface area contributed by atoms with Crippen molar-refractivity contribution in [1.29, 1.82) is 0 Å². The molecular formula is C17H20N6OS. The molecule has 4 rings (SSSR count). The van der Waals surface area contributed by atoms with E-state index in [0.29, 0.717) is 10.8 Å². The fourth-order valence-corrected chi connectivity index (χ4v) is 4.08. The molecule has 3 aromatic heterocycles. The zero-order valence-electron chi connectivity index (χ0n) is 14.3. The summed E-state index contributed by atoms with van der Waals surface area (Å²) >= 11 is 1.43. The lowest BCUT2D eigenvalue weighted by molar-refractivity contribution is 0.0717.